The summed E-state index contributed by atoms with van der Waals surface area (Å²) in [6, 6.07) is 7.24. The van der Waals surface area contributed by atoms with E-state index in [0.29, 0.717) is 13.0 Å². The van der Waals surface area contributed by atoms with E-state index in [-0.39, 0.29) is 11.0 Å². The van der Waals surface area contributed by atoms with Crippen molar-refractivity contribution in [1.29, 1.82) is 0 Å². The number of thiocarbonyl (C=S) groups is 1. The van der Waals surface area contributed by atoms with E-state index < -0.39 is 9.96 Å². The van der Waals surface area contributed by atoms with Crippen LogP contribution in [0.4, 0.5) is 5.69 Å². The van der Waals surface area contributed by atoms with Crippen LogP contribution < -0.4 is 20.7 Å². The Morgan fingerprint density at radius 3 is 2.36 bits per heavy atom. The molecule has 5 nitrogen and oxygen atoms in total. The van der Waals surface area contributed by atoms with Crippen molar-refractivity contribution in [3.8, 4) is 5.75 Å². The Balaban J connectivity index is 2.63. The first kappa shape index (κ1) is 22.1. The van der Waals surface area contributed by atoms with Crippen LogP contribution in [-0.2, 0) is 4.79 Å². The van der Waals surface area contributed by atoms with Crippen molar-refractivity contribution in [2.45, 2.75) is 43.1 Å². The molecule has 0 saturated carbocycles. The number of ether oxygens (including phenoxy) is 1. The van der Waals surface area contributed by atoms with Crippen LogP contribution in [0, 0.1) is 0 Å². The predicted molar refractivity (Wildman–Crippen MR) is 109 cm³/mol. The number of unbranched alkanes of at least 4 members (excludes halogenated alkanes) is 1. The largest absolute Gasteiger partial charge is 0.494 e. The van der Waals surface area contributed by atoms with E-state index >= 15 is 0 Å². The second-order valence-corrected chi connectivity index (χ2v) is 7.98. The second kappa shape index (κ2) is 10.9. The molecule has 1 amide bonds. The SMILES string of the molecule is CCCCC(=O)N[C@H](NC(=S)Nc1ccc(OCC)cc1)C(Cl)(Cl)Cl. The Morgan fingerprint density at radius 2 is 1.84 bits per heavy atom. The Hall–Kier alpha value is -0.950. The standard InChI is InChI=1S/C16H22Cl3N3O2S/c1-3-5-6-13(23)21-14(16(17,18)19)22-15(25)20-11-7-9-12(10-8-11)24-4-2/h7-10,14H,3-6H2,1-2H3,(H,21,23)(H2,20,22,25)/t14-/m1/s1. The van der Waals surface area contributed by atoms with Crippen molar-refractivity contribution in [2.24, 2.45) is 0 Å². The van der Waals surface area contributed by atoms with Gasteiger partial charge in [-0.3, -0.25) is 4.79 Å². The molecule has 0 aliphatic carbocycles. The van der Waals surface area contributed by atoms with E-state index in [2.05, 4.69) is 16.0 Å². The summed E-state index contributed by atoms with van der Waals surface area (Å²) in [4.78, 5) is 11.9. The Morgan fingerprint density at radius 1 is 1.20 bits per heavy atom. The fourth-order valence-corrected chi connectivity index (χ4v) is 2.43. The van der Waals surface area contributed by atoms with Crippen LogP contribution in [-0.4, -0.2) is 27.6 Å². The van der Waals surface area contributed by atoms with Crippen molar-refractivity contribution < 1.29 is 9.53 Å². The minimum atomic E-state index is -1.76. The quantitative estimate of drug-likeness (QED) is 0.327. The third-order valence-electron chi connectivity index (χ3n) is 3.09. The zero-order chi connectivity index (χ0) is 18.9. The second-order valence-electron chi connectivity index (χ2n) is 5.20. The third-order valence-corrected chi connectivity index (χ3v) is 3.96. The molecule has 0 aliphatic rings. The average Bonchev–Trinajstić information content (AvgIpc) is 2.53. The summed E-state index contributed by atoms with van der Waals surface area (Å²) >= 11 is 23.0. The minimum absolute atomic E-state index is 0.213. The molecule has 1 rings (SSSR count). The van der Waals surface area contributed by atoms with Gasteiger partial charge in [0.05, 0.1) is 6.61 Å². The van der Waals surface area contributed by atoms with E-state index in [4.69, 9.17) is 51.8 Å². The molecule has 0 unspecified atom stereocenters. The molecular formula is C16H22Cl3N3O2S. The number of hydrogen-bond acceptors (Lipinski definition) is 3. The molecule has 0 aromatic heterocycles. The topological polar surface area (TPSA) is 62.4 Å². The van der Waals surface area contributed by atoms with Crippen molar-refractivity contribution in [2.75, 3.05) is 11.9 Å². The normalized spacial score (nSPS) is 12.2. The lowest BCUT2D eigenvalue weighted by molar-refractivity contribution is -0.122. The zero-order valence-electron chi connectivity index (χ0n) is 14.1. The molecule has 0 saturated heterocycles. The molecule has 140 valence electrons. The lowest BCUT2D eigenvalue weighted by Gasteiger charge is -2.27. The fourth-order valence-electron chi connectivity index (χ4n) is 1.87. The first-order valence-electron chi connectivity index (χ1n) is 7.92. The summed E-state index contributed by atoms with van der Waals surface area (Å²) < 4.78 is 3.62. The van der Waals surface area contributed by atoms with E-state index in [1.54, 1.807) is 0 Å². The molecule has 1 aromatic carbocycles. The summed E-state index contributed by atoms with van der Waals surface area (Å²) in [6.07, 6.45) is 1.06. The van der Waals surface area contributed by atoms with Crippen LogP contribution in [0.2, 0.25) is 0 Å². The van der Waals surface area contributed by atoms with Gasteiger partial charge in [-0.25, -0.2) is 0 Å². The summed E-state index contributed by atoms with van der Waals surface area (Å²) in [7, 11) is 0. The Labute approximate surface area is 168 Å². The Bertz CT molecular complexity index is 565. The number of carbonyl (C=O) groups is 1. The molecule has 0 aliphatic heterocycles. The highest BCUT2D eigenvalue weighted by Crippen LogP contribution is 2.29. The number of anilines is 1. The van der Waals surface area contributed by atoms with Gasteiger partial charge in [-0.2, -0.15) is 0 Å². The van der Waals surface area contributed by atoms with Crippen LogP contribution in [0.3, 0.4) is 0 Å². The first-order chi connectivity index (χ1) is 11.8. The van der Waals surface area contributed by atoms with Crippen molar-refractivity contribution >= 4 is 63.7 Å². The number of rotatable bonds is 8. The van der Waals surface area contributed by atoms with Gasteiger partial charge in [0.25, 0.3) is 0 Å². The number of amides is 1. The van der Waals surface area contributed by atoms with Gasteiger partial charge in [0.1, 0.15) is 11.9 Å². The maximum absolute atomic E-state index is 11.9. The highest BCUT2D eigenvalue weighted by Gasteiger charge is 2.34. The van der Waals surface area contributed by atoms with Gasteiger partial charge in [0.15, 0.2) is 5.11 Å². The Kier molecular flexibility index (Phi) is 9.64. The highest BCUT2D eigenvalue weighted by atomic mass is 35.6. The summed E-state index contributed by atoms with van der Waals surface area (Å²) in [5, 5.41) is 8.64. The molecule has 25 heavy (non-hydrogen) atoms. The van der Waals surface area contributed by atoms with Gasteiger partial charge in [-0.15, -0.1) is 0 Å². The smallest absolute Gasteiger partial charge is 0.228 e. The predicted octanol–water partition coefficient (Wildman–Crippen LogP) is 4.37. The van der Waals surface area contributed by atoms with Crippen LogP contribution in [0.15, 0.2) is 24.3 Å². The lowest BCUT2D eigenvalue weighted by Crippen LogP contribution is -2.56. The van der Waals surface area contributed by atoms with Crippen molar-refractivity contribution in [3.63, 3.8) is 0 Å². The molecule has 0 bridgehead atoms. The number of hydrogen-bond donors (Lipinski definition) is 3. The third kappa shape index (κ3) is 8.81. The van der Waals surface area contributed by atoms with E-state index in [1.807, 2.05) is 38.1 Å². The molecule has 0 fully saturated rings. The van der Waals surface area contributed by atoms with Crippen LogP contribution in [0.25, 0.3) is 0 Å². The number of benzene rings is 1. The number of nitrogens with one attached hydrogen (secondary N) is 3. The van der Waals surface area contributed by atoms with Gasteiger partial charge in [0.2, 0.25) is 9.70 Å². The van der Waals surface area contributed by atoms with E-state index in [9.17, 15) is 4.79 Å². The zero-order valence-corrected chi connectivity index (χ0v) is 17.2. The average molecular weight is 427 g/mol. The van der Waals surface area contributed by atoms with Crippen LogP contribution >= 0.6 is 47.0 Å². The molecule has 1 atom stereocenters. The highest BCUT2D eigenvalue weighted by molar-refractivity contribution is 7.80. The number of alkyl halides is 3. The molecule has 3 N–H and O–H groups in total. The maximum atomic E-state index is 11.9. The maximum Gasteiger partial charge on any atom is 0.228 e. The molecule has 0 radical (unpaired) electrons. The van der Waals surface area contributed by atoms with Crippen LogP contribution in [0.1, 0.15) is 33.1 Å². The molecule has 0 heterocycles. The first-order valence-corrected chi connectivity index (χ1v) is 9.47. The van der Waals surface area contributed by atoms with Crippen molar-refractivity contribution in [3.05, 3.63) is 24.3 Å². The van der Waals surface area contributed by atoms with E-state index in [0.717, 1.165) is 24.3 Å². The van der Waals surface area contributed by atoms with Crippen molar-refractivity contribution in [1.82, 2.24) is 10.6 Å². The summed E-state index contributed by atoms with van der Waals surface area (Å²) in [6.45, 7) is 4.50. The monoisotopic (exact) mass is 425 g/mol. The molecule has 9 heteroatoms. The van der Waals surface area contributed by atoms with Gasteiger partial charge >= 0.3 is 0 Å². The fraction of sp³-hybridized carbons (Fsp3) is 0.500. The summed E-state index contributed by atoms with van der Waals surface area (Å²) in [5.41, 5.74) is 0.737. The van der Waals surface area contributed by atoms with Gasteiger partial charge in [-0.1, -0.05) is 48.1 Å². The minimum Gasteiger partial charge on any atom is -0.494 e. The van der Waals surface area contributed by atoms with Gasteiger partial charge in [0, 0.05) is 12.1 Å². The lowest BCUT2D eigenvalue weighted by atomic mass is 10.2. The van der Waals surface area contributed by atoms with E-state index in [1.165, 1.54) is 0 Å². The molecule has 0 spiro atoms. The molecular weight excluding hydrogens is 405 g/mol. The number of carbonyl (C=O) groups excluding carboxylic acids is 1. The van der Waals surface area contributed by atoms with Gasteiger partial charge < -0.3 is 20.7 Å². The van der Waals surface area contributed by atoms with Gasteiger partial charge in [-0.05, 0) is 49.8 Å². The van der Waals surface area contributed by atoms with Crippen LogP contribution in [0.5, 0.6) is 5.75 Å². The molecule has 1 aromatic rings. The number of halogens is 3. The summed E-state index contributed by atoms with van der Waals surface area (Å²) in [5.74, 6) is 0.545.